The van der Waals surface area contributed by atoms with Gasteiger partial charge in [0.15, 0.2) is 0 Å². The van der Waals surface area contributed by atoms with E-state index in [1.807, 2.05) is 31.2 Å². The fourth-order valence-corrected chi connectivity index (χ4v) is 3.25. The maximum atomic E-state index is 12.0. The van der Waals surface area contributed by atoms with Crippen LogP contribution in [0.15, 0.2) is 29.4 Å². The highest BCUT2D eigenvalue weighted by molar-refractivity contribution is 9.10. The van der Waals surface area contributed by atoms with Crippen LogP contribution >= 0.6 is 15.9 Å². The molecule has 3 atom stereocenters. The van der Waals surface area contributed by atoms with Crippen molar-refractivity contribution in [3.8, 4) is 0 Å². The van der Waals surface area contributed by atoms with Gasteiger partial charge in [0.1, 0.15) is 0 Å². The summed E-state index contributed by atoms with van der Waals surface area (Å²) in [6.45, 7) is 2.05. The van der Waals surface area contributed by atoms with E-state index >= 15 is 0 Å². The lowest BCUT2D eigenvalue weighted by Gasteiger charge is -2.13. The molecule has 1 aromatic carbocycles. The molecule has 116 valence electrons. The zero-order valence-electron chi connectivity index (χ0n) is 12.3. The molecule has 0 spiro atoms. The minimum atomic E-state index is -0.165. The van der Waals surface area contributed by atoms with E-state index in [0.717, 1.165) is 36.2 Å². The third-order valence-corrected chi connectivity index (χ3v) is 4.91. The Morgan fingerprint density at radius 1 is 1.41 bits per heavy atom. The molecule has 0 saturated heterocycles. The number of rotatable bonds is 5. The Labute approximate surface area is 137 Å². The standard InChI is InChI=1S/C16H18BrN3O2/c1-2-3-13(17)16(22)18-10-6-4-9(5-7-10)14-11-8-12(11)15(21)20-19-14/h4-7,11-13H,2-3,8H2,1H3,(H,18,22)(H,20,21). The number of nitrogens with one attached hydrogen (secondary N) is 2. The predicted octanol–water partition coefficient (Wildman–Crippen LogP) is 2.66. The van der Waals surface area contributed by atoms with Crippen molar-refractivity contribution in [2.75, 3.05) is 5.32 Å². The number of carbonyl (C=O) groups excluding carboxylic acids is 2. The van der Waals surface area contributed by atoms with E-state index in [9.17, 15) is 9.59 Å². The highest BCUT2D eigenvalue weighted by Gasteiger charge is 2.49. The van der Waals surface area contributed by atoms with Crippen molar-refractivity contribution in [3.05, 3.63) is 29.8 Å². The zero-order valence-corrected chi connectivity index (χ0v) is 13.9. The lowest BCUT2D eigenvalue weighted by atomic mass is 10.0. The van der Waals surface area contributed by atoms with Crippen LogP contribution in [0, 0.1) is 11.8 Å². The Morgan fingerprint density at radius 3 is 2.82 bits per heavy atom. The molecule has 22 heavy (non-hydrogen) atoms. The van der Waals surface area contributed by atoms with Crippen LogP contribution in [-0.4, -0.2) is 22.4 Å². The molecule has 3 rings (SSSR count). The second-order valence-electron chi connectivity index (χ2n) is 5.74. The van der Waals surface area contributed by atoms with Gasteiger partial charge in [0.05, 0.1) is 10.5 Å². The first-order valence-corrected chi connectivity index (χ1v) is 8.44. The number of fused-ring (bicyclic) bond motifs is 1. The van der Waals surface area contributed by atoms with E-state index in [0.29, 0.717) is 0 Å². The van der Waals surface area contributed by atoms with Gasteiger partial charge in [-0.05, 0) is 30.5 Å². The van der Waals surface area contributed by atoms with Crippen molar-refractivity contribution in [2.45, 2.75) is 31.0 Å². The first-order chi connectivity index (χ1) is 10.6. The van der Waals surface area contributed by atoms with E-state index in [-0.39, 0.29) is 28.5 Å². The van der Waals surface area contributed by atoms with Gasteiger partial charge in [0, 0.05) is 17.5 Å². The number of hydrogen-bond acceptors (Lipinski definition) is 3. The quantitative estimate of drug-likeness (QED) is 0.789. The summed E-state index contributed by atoms with van der Waals surface area (Å²) in [6.07, 6.45) is 2.64. The van der Waals surface area contributed by atoms with E-state index in [2.05, 4.69) is 31.8 Å². The van der Waals surface area contributed by atoms with Gasteiger partial charge in [0.25, 0.3) is 0 Å². The molecule has 2 aliphatic rings. The predicted molar refractivity (Wildman–Crippen MR) is 89.0 cm³/mol. The Balaban J connectivity index is 1.66. The normalized spacial score (nSPS) is 23.9. The minimum absolute atomic E-state index is 0.0249. The van der Waals surface area contributed by atoms with E-state index in [1.165, 1.54) is 0 Å². The van der Waals surface area contributed by atoms with Gasteiger partial charge in [-0.15, -0.1) is 0 Å². The molecule has 3 unspecified atom stereocenters. The van der Waals surface area contributed by atoms with Crippen molar-refractivity contribution in [3.63, 3.8) is 0 Å². The Bertz CT molecular complexity index is 627. The van der Waals surface area contributed by atoms with Gasteiger partial charge in [0.2, 0.25) is 11.8 Å². The Hall–Kier alpha value is -1.69. The average molecular weight is 364 g/mol. The van der Waals surface area contributed by atoms with Crippen molar-refractivity contribution in [2.24, 2.45) is 16.9 Å². The number of benzene rings is 1. The second kappa shape index (κ2) is 6.20. The second-order valence-corrected chi connectivity index (χ2v) is 6.85. The van der Waals surface area contributed by atoms with Crippen LogP contribution in [0.3, 0.4) is 0 Å². The van der Waals surface area contributed by atoms with Gasteiger partial charge < -0.3 is 5.32 Å². The molecule has 0 radical (unpaired) electrons. The number of hydrogen-bond donors (Lipinski definition) is 2. The van der Waals surface area contributed by atoms with Crippen molar-refractivity contribution < 1.29 is 9.59 Å². The summed E-state index contributed by atoms with van der Waals surface area (Å²) in [5, 5.41) is 7.06. The summed E-state index contributed by atoms with van der Waals surface area (Å²) in [4.78, 5) is 23.2. The third-order valence-electron chi connectivity index (χ3n) is 4.04. The van der Waals surface area contributed by atoms with Crippen LogP contribution in [-0.2, 0) is 9.59 Å². The van der Waals surface area contributed by atoms with Gasteiger partial charge in [-0.2, -0.15) is 5.10 Å². The summed E-state index contributed by atoms with van der Waals surface area (Å²) in [6, 6.07) is 7.61. The summed E-state index contributed by atoms with van der Waals surface area (Å²) < 4.78 is 0. The minimum Gasteiger partial charge on any atom is -0.325 e. The molecule has 1 aliphatic carbocycles. The fourth-order valence-electron chi connectivity index (χ4n) is 2.68. The molecule has 0 bridgehead atoms. The number of halogens is 1. The highest BCUT2D eigenvalue weighted by Crippen LogP contribution is 2.43. The number of amides is 2. The third kappa shape index (κ3) is 3.06. The first-order valence-electron chi connectivity index (χ1n) is 7.53. The first kappa shape index (κ1) is 15.2. The Kier molecular flexibility index (Phi) is 4.29. The molecule has 0 aromatic heterocycles. The van der Waals surface area contributed by atoms with Gasteiger partial charge in [-0.25, -0.2) is 5.43 Å². The molecule has 2 N–H and O–H groups in total. The number of nitrogens with zero attached hydrogens (tertiary/aromatic N) is 1. The summed E-state index contributed by atoms with van der Waals surface area (Å²) in [5.41, 5.74) is 5.27. The van der Waals surface area contributed by atoms with Gasteiger partial charge in [-0.1, -0.05) is 41.4 Å². The molecule has 1 aliphatic heterocycles. The Morgan fingerprint density at radius 2 is 2.14 bits per heavy atom. The van der Waals surface area contributed by atoms with Crippen LogP contribution in [0.5, 0.6) is 0 Å². The molecule has 1 aromatic rings. The van der Waals surface area contributed by atoms with Gasteiger partial charge >= 0.3 is 0 Å². The molecular formula is C16H18BrN3O2. The molecule has 6 heteroatoms. The van der Waals surface area contributed by atoms with E-state index < -0.39 is 0 Å². The van der Waals surface area contributed by atoms with Crippen LogP contribution in [0.25, 0.3) is 0 Å². The maximum Gasteiger partial charge on any atom is 0.243 e. The highest BCUT2D eigenvalue weighted by atomic mass is 79.9. The van der Waals surface area contributed by atoms with Crippen molar-refractivity contribution >= 4 is 39.1 Å². The smallest absolute Gasteiger partial charge is 0.243 e. The SMILES string of the molecule is CCCC(Br)C(=O)Nc1ccc(C2=NNC(=O)C3CC23)cc1. The molecule has 1 fully saturated rings. The van der Waals surface area contributed by atoms with Crippen LogP contribution in [0.1, 0.15) is 31.7 Å². The fraction of sp³-hybridized carbons (Fsp3) is 0.438. The van der Waals surface area contributed by atoms with E-state index in [4.69, 9.17) is 0 Å². The van der Waals surface area contributed by atoms with Crippen LogP contribution in [0.2, 0.25) is 0 Å². The van der Waals surface area contributed by atoms with Crippen molar-refractivity contribution in [1.29, 1.82) is 0 Å². The molecule has 2 amide bonds. The number of hydrazone groups is 1. The summed E-state index contributed by atoms with van der Waals surface area (Å²) in [5.74, 6) is 0.344. The van der Waals surface area contributed by atoms with Crippen LogP contribution in [0.4, 0.5) is 5.69 Å². The number of alkyl halides is 1. The van der Waals surface area contributed by atoms with Gasteiger partial charge in [-0.3, -0.25) is 9.59 Å². The average Bonchev–Trinajstić information content (AvgIpc) is 3.30. The number of anilines is 1. The topological polar surface area (TPSA) is 70.6 Å². The monoisotopic (exact) mass is 363 g/mol. The molecule has 1 heterocycles. The van der Waals surface area contributed by atoms with E-state index in [1.54, 1.807) is 0 Å². The number of carbonyl (C=O) groups is 2. The molecule has 1 saturated carbocycles. The summed E-state index contributed by atoms with van der Waals surface area (Å²) >= 11 is 3.39. The lowest BCUT2D eigenvalue weighted by Crippen LogP contribution is -2.28. The molecular weight excluding hydrogens is 346 g/mol. The molecule has 5 nitrogen and oxygen atoms in total. The zero-order chi connectivity index (χ0) is 15.7. The van der Waals surface area contributed by atoms with Crippen LogP contribution < -0.4 is 10.7 Å². The largest absolute Gasteiger partial charge is 0.325 e. The maximum absolute atomic E-state index is 12.0. The lowest BCUT2D eigenvalue weighted by molar-refractivity contribution is -0.122. The van der Waals surface area contributed by atoms with Crippen molar-refractivity contribution in [1.82, 2.24) is 5.43 Å². The summed E-state index contributed by atoms with van der Waals surface area (Å²) in [7, 11) is 0.